The number of benzene rings is 1. The zero-order valence-corrected chi connectivity index (χ0v) is 14.7. The number of nitrogens with zero attached hydrogens (tertiary/aromatic N) is 3. The van der Waals surface area contributed by atoms with Crippen LogP contribution in [0.4, 0.5) is 11.5 Å². The zero-order chi connectivity index (χ0) is 17.6. The summed E-state index contributed by atoms with van der Waals surface area (Å²) < 4.78 is 5.87. The van der Waals surface area contributed by atoms with E-state index in [-0.39, 0.29) is 12.0 Å². The van der Waals surface area contributed by atoms with Crippen LogP contribution >= 0.6 is 0 Å². The lowest BCUT2D eigenvalue weighted by Gasteiger charge is -2.33. The minimum absolute atomic E-state index is 0.255. The summed E-state index contributed by atoms with van der Waals surface area (Å²) in [6, 6.07) is 12.9. The molecule has 132 valence electrons. The number of carbonyl (C=O) groups is 1. The molecular weight excluding hydrogens is 316 g/mol. The monoisotopic (exact) mass is 340 g/mol. The molecule has 2 aromatic rings. The van der Waals surface area contributed by atoms with E-state index in [0.717, 1.165) is 37.4 Å². The molecule has 1 fully saturated rings. The summed E-state index contributed by atoms with van der Waals surface area (Å²) in [5.74, 6) is 0.550. The topological polar surface area (TPSA) is 67.3 Å². The van der Waals surface area contributed by atoms with Gasteiger partial charge in [-0.1, -0.05) is 18.2 Å². The van der Waals surface area contributed by atoms with Gasteiger partial charge in [0.1, 0.15) is 0 Å². The van der Waals surface area contributed by atoms with E-state index in [9.17, 15) is 4.79 Å². The van der Waals surface area contributed by atoms with Crippen molar-refractivity contribution in [3.63, 3.8) is 0 Å². The highest BCUT2D eigenvalue weighted by molar-refractivity contribution is 6.02. The van der Waals surface area contributed by atoms with E-state index in [2.05, 4.69) is 34.3 Å². The Morgan fingerprint density at radius 3 is 2.44 bits per heavy atom. The van der Waals surface area contributed by atoms with E-state index >= 15 is 0 Å². The van der Waals surface area contributed by atoms with Crippen molar-refractivity contribution >= 4 is 17.4 Å². The van der Waals surface area contributed by atoms with Crippen LogP contribution in [0.2, 0.25) is 0 Å². The number of ether oxygens (including phenoxy) is 1. The molecule has 1 N–H and O–H groups in total. The van der Waals surface area contributed by atoms with E-state index in [1.165, 1.54) is 0 Å². The molecule has 3 rings (SSSR count). The maximum absolute atomic E-state index is 12.2. The van der Waals surface area contributed by atoms with Crippen LogP contribution in [0.25, 0.3) is 0 Å². The fraction of sp³-hybridized carbons (Fsp3) is 0.421. The SMILES string of the molecule is CC(C)OC1CCN(c2ccc(C(=O)Nc3ccccc3)nn2)CC1. The summed E-state index contributed by atoms with van der Waals surface area (Å²) >= 11 is 0. The number of rotatable bonds is 5. The van der Waals surface area contributed by atoms with Gasteiger partial charge in [0.15, 0.2) is 11.5 Å². The van der Waals surface area contributed by atoms with Gasteiger partial charge < -0.3 is 15.0 Å². The van der Waals surface area contributed by atoms with Gasteiger partial charge in [-0.05, 0) is 51.0 Å². The molecule has 0 atom stereocenters. The predicted octanol–water partition coefficient (Wildman–Crippen LogP) is 3.12. The van der Waals surface area contributed by atoms with Crippen molar-refractivity contribution < 1.29 is 9.53 Å². The highest BCUT2D eigenvalue weighted by Gasteiger charge is 2.22. The molecular formula is C19H24N4O2. The molecule has 1 aromatic carbocycles. The Hall–Kier alpha value is -2.47. The summed E-state index contributed by atoms with van der Waals surface area (Å²) in [5, 5.41) is 11.1. The van der Waals surface area contributed by atoms with E-state index < -0.39 is 0 Å². The Balaban J connectivity index is 1.56. The summed E-state index contributed by atoms with van der Waals surface area (Å²) in [4.78, 5) is 14.4. The van der Waals surface area contributed by atoms with Crippen molar-refractivity contribution in [1.82, 2.24) is 10.2 Å². The van der Waals surface area contributed by atoms with Crippen LogP contribution in [0.5, 0.6) is 0 Å². The van der Waals surface area contributed by atoms with Gasteiger partial charge in [0.25, 0.3) is 5.91 Å². The minimum atomic E-state index is -0.255. The average molecular weight is 340 g/mol. The fourth-order valence-electron chi connectivity index (χ4n) is 2.94. The quantitative estimate of drug-likeness (QED) is 0.906. The lowest BCUT2D eigenvalue weighted by atomic mass is 10.1. The second kappa shape index (κ2) is 8.07. The second-order valence-electron chi connectivity index (χ2n) is 6.47. The zero-order valence-electron chi connectivity index (χ0n) is 14.7. The first-order valence-electron chi connectivity index (χ1n) is 8.72. The molecule has 6 nitrogen and oxygen atoms in total. The molecule has 25 heavy (non-hydrogen) atoms. The van der Waals surface area contributed by atoms with Gasteiger partial charge in [-0.25, -0.2) is 0 Å². The number of para-hydroxylation sites is 1. The number of aromatic nitrogens is 2. The molecule has 0 bridgehead atoms. The standard InChI is InChI=1S/C19H24N4O2/c1-14(2)25-16-10-12-23(13-11-16)18-9-8-17(21-22-18)19(24)20-15-6-4-3-5-7-15/h3-9,14,16H,10-13H2,1-2H3,(H,20,24). The number of hydrogen-bond donors (Lipinski definition) is 1. The molecule has 1 aliphatic rings. The molecule has 0 radical (unpaired) electrons. The van der Waals surface area contributed by atoms with E-state index in [0.29, 0.717) is 11.8 Å². The van der Waals surface area contributed by atoms with Crippen molar-refractivity contribution in [2.45, 2.75) is 38.9 Å². The fourth-order valence-corrected chi connectivity index (χ4v) is 2.94. The van der Waals surface area contributed by atoms with Gasteiger partial charge in [0.2, 0.25) is 0 Å². The highest BCUT2D eigenvalue weighted by Crippen LogP contribution is 2.20. The molecule has 1 aromatic heterocycles. The Bertz CT molecular complexity index is 680. The first-order valence-corrected chi connectivity index (χ1v) is 8.72. The largest absolute Gasteiger partial charge is 0.375 e. The number of piperidine rings is 1. The average Bonchev–Trinajstić information content (AvgIpc) is 2.63. The van der Waals surface area contributed by atoms with E-state index in [1.54, 1.807) is 6.07 Å². The number of hydrogen-bond acceptors (Lipinski definition) is 5. The Morgan fingerprint density at radius 2 is 1.84 bits per heavy atom. The molecule has 6 heteroatoms. The highest BCUT2D eigenvalue weighted by atomic mass is 16.5. The summed E-state index contributed by atoms with van der Waals surface area (Å²) in [6.45, 7) is 5.91. The van der Waals surface area contributed by atoms with Gasteiger partial charge in [-0.15, -0.1) is 10.2 Å². The van der Waals surface area contributed by atoms with Crippen molar-refractivity contribution in [3.8, 4) is 0 Å². The van der Waals surface area contributed by atoms with Crippen LogP contribution in [0.3, 0.4) is 0 Å². The maximum Gasteiger partial charge on any atom is 0.276 e. The van der Waals surface area contributed by atoms with Gasteiger partial charge in [-0.3, -0.25) is 4.79 Å². The van der Waals surface area contributed by atoms with Crippen LogP contribution in [0.15, 0.2) is 42.5 Å². The van der Waals surface area contributed by atoms with Crippen molar-refractivity contribution in [1.29, 1.82) is 0 Å². The summed E-state index contributed by atoms with van der Waals surface area (Å²) in [7, 11) is 0. The van der Waals surface area contributed by atoms with E-state index in [4.69, 9.17) is 4.74 Å². The summed E-state index contributed by atoms with van der Waals surface area (Å²) in [6.07, 6.45) is 2.55. The molecule has 0 spiro atoms. The lowest BCUT2D eigenvalue weighted by molar-refractivity contribution is -0.00485. The van der Waals surface area contributed by atoms with Crippen molar-refractivity contribution in [2.75, 3.05) is 23.3 Å². The van der Waals surface area contributed by atoms with Gasteiger partial charge >= 0.3 is 0 Å². The maximum atomic E-state index is 12.2. The van der Waals surface area contributed by atoms with Crippen molar-refractivity contribution in [2.24, 2.45) is 0 Å². The minimum Gasteiger partial charge on any atom is -0.375 e. The third-order valence-corrected chi connectivity index (χ3v) is 4.15. The third kappa shape index (κ3) is 4.76. The molecule has 0 saturated carbocycles. The molecule has 0 unspecified atom stereocenters. The van der Waals surface area contributed by atoms with Gasteiger partial charge in [-0.2, -0.15) is 0 Å². The Kier molecular flexibility index (Phi) is 5.60. The number of anilines is 2. The van der Waals surface area contributed by atoms with Crippen LogP contribution in [-0.4, -0.2) is 41.4 Å². The molecule has 1 amide bonds. The van der Waals surface area contributed by atoms with Crippen molar-refractivity contribution in [3.05, 3.63) is 48.2 Å². The van der Waals surface area contributed by atoms with Crippen LogP contribution in [-0.2, 0) is 4.74 Å². The Labute approximate surface area is 148 Å². The number of nitrogens with one attached hydrogen (secondary N) is 1. The third-order valence-electron chi connectivity index (χ3n) is 4.15. The first-order chi connectivity index (χ1) is 12.1. The molecule has 0 aliphatic carbocycles. The number of amides is 1. The van der Waals surface area contributed by atoms with Gasteiger partial charge in [0, 0.05) is 18.8 Å². The predicted molar refractivity (Wildman–Crippen MR) is 97.9 cm³/mol. The number of carbonyl (C=O) groups excluding carboxylic acids is 1. The van der Waals surface area contributed by atoms with Gasteiger partial charge in [0.05, 0.1) is 12.2 Å². The lowest BCUT2D eigenvalue weighted by Crippen LogP contribution is -2.38. The van der Waals surface area contributed by atoms with Crippen LogP contribution in [0.1, 0.15) is 37.2 Å². The summed E-state index contributed by atoms with van der Waals surface area (Å²) in [5.41, 5.74) is 1.05. The Morgan fingerprint density at radius 1 is 1.12 bits per heavy atom. The van der Waals surface area contributed by atoms with Crippen LogP contribution in [0, 0.1) is 0 Å². The molecule has 1 aliphatic heterocycles. The normalized spacial score (nSPS) is 15.4. The molecule has 2 heterocycles. The van der Waals surface area contributed by atoms with E-state index in [1.807, 2.05) is 36.4 Å². The first kappa shape index (κ1) is 17.4. The second-order valence-corrected chi connectivity index (χ2v) is 6.47. The van der Waals surface area contributed by atoms with Crippen LogP contribution < -0.4 is 10.2 Å². The smallest absolute Gasteiger partial charge is 0.276 e. The molecule has 1 saturated heterocycles.